The zero-order valence-electron chi connectivity index (χ0n) is 12.6. The first-order valence-electron chi connectivity index (χ1n) is 7.44. The number of ether oxygens (including phenoxy) is 3. The molecule has 2 heterocycles. The number of hydrogen-bond acceptors (Lipinski definition) is 6. The Balaban J connectivity index is 1.71. The first-order chi connectivity index (χ1) is 10.8. The van der Waals surface area contributed by atoms with E-state index in [1.54, 1.807) is 7.11 Å². The van der Waals surface area contributed by atoms with Crippen molar-refractivity contribution < 1.29 is 19.0 Å². The molecule has 3 N–H and O–H groups in total. The Kier molecular flexibility index (Phi) is 4.77. The smallest absolute Gasteiger partial charge is 0.226 e. The summed E-state index contributed by atoms with van der Waals surface area (Å²) in [4.78, 5) is 12.3. The molecule has 0 aromatic heterocycles. The van der Waals surface area contributed by atoms with E-state index in [1.807, 2.05) is 18.2 Å². The maximum absolute atomic E-state index is 12.3. The average molecular weight is 307 g/mol. The minimum atomic E-state index is -0.181. The van der Waals surface area contributed by atoms with Crippen molar-refractivity contribution >= 4 is 5.91 Å². The third-order valence-electron chi connectivity index (χ3n) is 3.85. The van der Waals surface area contributed by atoms with Crippen molar-refractivity contribution in [1.82, 2.24) is 16.2 Å². The molecule has 1 aromatic rings. The summed E-state index contributed by atoms with van der Waals surface area (Å²) in [6.07, 6.45) is 0. The fraction of sp³-hybridized carbons (Fsp3) is 0.533. The molecule has 2 atom stereocenters. The molecule has 2 unspecified atom stereocenters. The standard InChI is InChI=1S/C15H21N3O4/c1-20-5-4-16-15(19)11-9-17-18-14(11)10-2-3-12-13(8-10)22-7-6-21-12/h2-3,8,11,14,17-18H,4-7,9H2,1H3,(H,16,19). The Morgan fingerprint density at radius 2 is 2.18 bits per heavy atom. The summed E-state index contributed by atoms with van der Waals surface area (Å²) in [5, 5.41) is 2.89. The Morgan fingerprint density at radius 3 is 3.00 bits per heavy atom. The molecule has 7 nitrogen and oxygen atoms in total. The highest BCUT2D eigenvalue weighted by Crippen LogP contribution is 2.35. The second-order valence-electron chi connectivity index (χ2n) is 5.30. The molecule has 0 bridgehead atoms. The number of rotatable bonds is 5. The van der Waals surface area contributed by atoms with Crippen LogP contribution in [0.2, 0.25) is 0 Å². The molecule has 2 aliphatic heterocycles. The van der Waals surface area contributed by atoms with Crippen LogP contribution in [0.15, 0.2) is 18.2 Å². The Hall–Kier alpha value is -1.83. The highest BCUT2D eigenvalue weighted by Gasteiger charge is 2.34. The fourth-order valence-electron chi connectivity index (χ4n) is 2.72. The summed E-state index contributed by atoms with van der Waals surface area (Å²) in [7, 11) is 1.61. The van der Waals surface area contributed by atoms with E-state index in [0.29, 0.717) is 32.9 Å². The van der Waals surface area contributed by atoms with Crippen molar-refractivity contribution in [3.63, 3.8) is 0 Å². The van der Waals surface area contributed by atoms with Gasteiger partial charge in [0.25, 0.3) is 0 Å². The molecule has 0 spiro atoms. The van der Waals surface area contributed by atoms with Gasteiger partial charge in [-0.05, 0) is 17.7 Å². The van der Waals surface area contributed by atoms with E-state index in [0.717, 1.165) is 17.1 Å². The van der Waals surface area contributed by atoms with Crippen LogP contribution < -0.4 is 25.6 Å². The predicted octanol–water partition coefficient (Wildman–Crippen LogP) is -0.0145. The monoisotopic (exact) mass is 307 g/mol. The van der Waals surface area contributed by atoms with Crippen molar-refractivity contribution in [3.05, 3.63) is 23.8 Å². The minimum absolute atomic E-state index is 0.00874. The summed E-state index contributed by atoms with van der Waals surface area (Å²) in [6.45, 7) is 2.72. The number of benzene rings is 1. The molecule has 2 aliphatic rings. The van der Waals surface area contributed by atoms with Crippen molar-refractivity contribution in [2.75, 3.05) is 40.0 Å². The van der Waals surface area contributed by atoms with E-state index < -0.39 is 0 Å². The second-order valence-corrected chi connectivity index (χ2v) is 5.30. The van der Waals surface area contributed by atoms with E-state index in [4.69, 9.17) is 14.2 Å². The lowest BCUT2D eigenvalue weighted by atomic mass is 9.94. The molecular formula is C15H21N3O4. The molecule has 1 saturated heterocycles. The Labute approximate surface area is 129 Å². The van der Waals surface area contributed by atoms with Gasteiger partial charge in [0.1, 0.15) is 13.2 Å². The van der Waals surface area contributed by atoms with Crippen LogP contribution in [0.4, 0.5) is 0 Å². The highest BCUT2D eigenvalue weighted by molar-refractivity contribution is 5.80. The molecular weight excluding hydrogens is 286 g/mol. The molecule has 0 saturated carbocycles. The van der Waals surface area contributed by atoms with Gasteiger partial charge >= 0.3 is 0 Å². The number of carbonyl (C=O) groups excluding carboxylic acids is 1. The fourth-order valence-corrected chi connectivity index (χ4v) is 2.72. The lowest BCUT2D eigenvalue weighted by molar-refractivity contribution is -0.125. The predicted molar refractivity (Wildman–Crippen MR) is 79.7 cm³/mol. The normalized spacial score (nSPS) is 23.3. The molecule has 0 aliphatic carbocycles. The average Bonchev–Trinajstić information content (AvgIpc) is 3.04. The van der Waals surface area contributed by atoms with E-state index >= 15 is 0 Å². The maximum Gasteiger partial charge on any atom is 0.226 e. The van der Waals surface area contributed by atoms with Gasteiger partial charge in [0, 0.05) is 20.2 Å². The zero-order chi connectivity index (χ0) is 15.4. The van der Waals surface area contributed by atoms with Gasteiger partial charge in [-0.3, -0.25) is 10.2 Å². The quantitative estimate of drug-likeness (QED) is 0.664. The van der Waals surface area contributed by atoms with Crippen LogP contribution in [0.25, 0.3) is 0 Å². The summed E-state index contributed by atoms with van der Waals surface area (Å²) in [5.74, 6) is 1.31. The molecule has 7 heteroatoms. The van der Waals surface area contributed by atoms with Crippen molar-refractivity contribution in [1.29, 1.82) is 0 Å². The lowest BCUT2D eigenvalue weighted by Crippen LogP contribution is -2.36. The number of fused-ring (bicyclic) bond motifs is 1. The van der Waals surface area contributed by atoms with Gasteiger partial charge in [-0.1, -0.05) is 6.07 Å². The van der Waals surface area contributed by atoms with Crippen molar-refractivity contribution in [2.24, 2.45) is 5.92 Å². The summed E-state index contributed by atoms with van der Waals surface area (Å²) in [5.41, 5.74) is 7.22. The molecule has 0 radical (unpaired) electrons. The Morgan fingerprint density at radius 1 is 1.36 bits per heavy atom. The van der Waals surface area contributed by atoms with Gasteiger partial charge in [-0.15, -0.1) is 0 Å². The third kappa shape index (κ3) is 3.16. The maximum atomic E-state index is 12.3. The Bertz CT molecular complexity index is 538. The van der Waals surface area contributed by atoms with Gasteiger partial charge in [0.15, 0.2) is 11.5 Å². The summed E-state index contributed by atoms with van der Waals surface area (Å²) < 4.78 is 16.1. The van der Waals surface area contributed by atoms with Gasteiger partial charge < -0.3 is 19.5 Å². The van der Waals surface area contributed by atoms with Gasteiger partial charge in [0.2, 0.25) is 5.91 Å². The van der Waals surface area contributed by atoms with Gasteiger partial charge in [0.05, 0.1) is 18.6 Å². The number of methoxy groups -OCH3 is 1. The van der Waals surface area contributed by atoms with Crippen LogP contribution in [-0.2, 0) is 9.53 Å². The SMILES string of the molecule is COCCNC(=O)C1CNNC1c1ccc2c(c1)OCCO2. The van der Waals surface area contributed by atoms with Gasteiger partial charge in [-0.25, -0.2) is 5.43 Å². The van der Waals surface area contributed by atoms with E-state index in [-0.39, 0.29) is 17.9 Å². The largest absolute Gasteiger partial charge is 0.486 e. The van der Waals surface area contributed by atoms with Crippen LogP contribution in [0.1, 0.15) is 11.6 Å². The lowest BCUT2D eigenvalue weighted by Gasteiger charge is -2.22. The second kappa shape index (κ2) is 6.95. The van der Waals surface area contributed by atoms with Crippen LogP contribution >= 0.6 is 0 Å². The molecule has 1 aromatic carbocycles. The molecule has 120 valence electrons. The van der Waals surface area contributed by atoms with Crippen LogP contribution in [0.3, 0.4) is 0 Å². The number of carbonyl (C=O) groups is 1. The van der Waals surface area contributed by atoms with Crippen LogP contribution in [0, 0.1) is 5.92 Å². The van der Waals surface area contributed by atoms with Gasteiger partial charge in [-0.2, -0.15) is 0 Å². The topological polar surface area (TPSA) is 80.9 Å². The van der Waals surface area contributed by atoms with E-state index in [2.05, 4.69) is 16.2 Å². The highest BCUT2D eigenvalue weighted by atomic mass is 16.6. The summed E-state index contributed by atoms with van der Waals surface area (Å²) in [6, 6.07) is 5.70. The number of hydrazine groups is 1. The first-order valence-corrected chi connectivity index (χ1v) is 7.44. The van der Waals surface area contributed by atoms with Crippen LogP contribution in [0.5, 0.6) is 11.5 Å². The number of nitrogens with one attached hydrogen (secondary N) is 3. The zero-order valence-corrected chi connectivity index (χ0v) is 12.6. The van der Waals surface area contributed by atoms with Crippen LogP contribution in [-0.4, -0.2) is 45.9 Å². The molecule has 3 rings (SSSR count). The summed E-state index contributed by atoms with van der Waals surface area (Å²) >= 11 is 0. The van der Waals surface area contributed by atoms with Crippen molar-refractivity contribution in [2.45, 2.75) is 6.04 Å². The van der Waals surface area contributed by atoms with E-state index in [1.165, 1.54) is 0 Å². The minimum Gasteiger partial charge on any atom is -0.486 e. The molecule has 1 fully saturated rings. The number of hydrogen-bond donors (Lipinski definition) is 3. The third-order valence-corrected chi connectivity index (χ3v) is 3.85. The number of amides is 1. The molecule has 1 amide bonds. The molecule has 22 heavy (non-hydrogen) atoms. The first kappa shape index (κ1) is 15.1. The van der Waals surface area contributed by atoms with Crippen molar-refractivity contribution in [3.8, 4) is 11.5 Å². The van der Waals surface area contributed by atoms with E-state index in [9.17, 15) is 4.79 Å².